The molecule has 3 fully saturated rings. The number of rotatable bonds is 0. The maximum atomic E-state index is 6.36. The van der Waals surface area contributed by atoms with Crippen LogP contribution in [0.2, 0.25) is 0 Å². The third-order valence-corrected chi connectivity index (χ3v) is 5.76. The van der Waals surface area contributed by atoms with Gasteiger partial charge in [-0.3, -0.25) is 0 Å². The molecule has 0 aromatic heterocycles. The van der Waals surface area contributed by atoms with Gasteiger partial charge in [-0.05, 0) is 20.3 Å². The fraction of sp³-hybridized carbons (Fsp3) is 0.600. The second-order valence-electron chi connectivity index (χ2n) is 6.32. The van der Waals surface area contributed by atoms with Crippen molar-refractivity contribution in [1.82, 2.24) is 0 Å². The highest BCUT2D eigenvalue weighted by molar-refractivity contribution is 5.58. The molecule has 1 heterocycles. The molecule has 1 heteroatoms. The van der Waals surface area contributed by atoms with Crippen LogP contribution >= 0.6 is 0 Å². The SMILES string of the molecule is CC(C)=C1[C@H]2C=C[C@H]1[C@]13O[C@@]21[C@H]1C=C[C@H]3C1. The summed E-state index contributed by atoms with van der Waals surface area (Å²) >= 11 is 0. The molecule has 1 aliphatic heterocycles. The summed E-state index contributed by atoms with van der Waals surface area (Å²) in [7, 11) is 0. The molecule has 0 N–H and O–H groups in total. The molecule has 4 aliphatic carbocycles. The Labute approximate surface area is 95.9 Å². The van der Waals surface area contributed by atoms with Crippen molar-refractivity contribution in [2.75, 3.05) is 0 Å². The summed E-state index contributed by atoms with van der Waals surface area (Å²) < 4.78 is 6.36. The first-order valence-corrected chi connectivity index (χ1v) is 6.46. The second-order valence-corrected chi connectivity index (χ2v) is 6.32. The minimum absolute atomic E-state index is 0.207. The topological polar surface area (TPSA) is 12.5 Å². The quantitative estimate of drug-likeness (QED) is 0.444. The van der Waals surface area contributed by atoms with Crippen molar-refractivity contribution in [2.45, 2.75) is 31.5 Å². The molecule has 16 heavy (non-hydrogen) atoms. The van der Waals surface area contributed by atoms with Crippen LogP contribution in [0.1, 0.15) is 20.3 Å². The van der Waals surface area contributed by atoms with Crippen LogP contribution in [0.15, 0.2) is 35.5 Å². The number of hydrogen-bond acceptors (Lipinski definition) is 1. The van der Waals surface area contributed by atoms with E-state index < -0.39 is 0 Å². The Bertz CT molecular complexity index is 472. The van der Waals surface area contributed by atoms with E-state index in [1.807, 2.05) is 0 Å². The predicted molar refractivity (Wildman–Crippen MR) is 61.8 cm³/mol. The number of fused-ring (bicyclic) bond motifs is 4. The lowest BCUT2D eigenvalue weighted by Crippen LogP contribution is -2.33. The average Bonchev–Trinajstić information content (AvgIpc) is 2.67. The molecule has 2 saturated carbocycles. The van der Waals surface area contributed by atoms with Crippen molar-refractivity contribution in [2.24, 2.45) is 23.7 Å². The zero-order valence-corrected chi connectivity index (χ0v) is 9.73. The molecule has 1 saturated heterocycles. The molecule has 0 unspecified atom stereocenters. The summed E-state index contributed by atoms with van der Waals surface area (Å²) in [5.41, 5.74) is 3.62. The number of allylic oxidation sites excluding steroid dienone is 1. The molecular weight excluding hydrogens is 196 g/mol. The van der Waals surface area contributed by atoms with E-state index in [0.29, 0.717) is 23.7 Å². The number of epoxide rings is 1. The summed E-state index contributed by atoms with van der Waals surface area (Å²) in [4.78, 5) is 0. The highest BCUT2D eigenvalue weighted by atomic mass is 16.6. The third kappa shape index (κ3) is 0.506. The van der Waals surface area contributed by atoms with Gasteiger partial charge in [0.15, 0.2) is 0 Å². The zero-order chi connectivity index (χ0) is 10.7. The van der Waals surface area contributed by atoms with E-state index in [0.717, 1.165) is 0 Å². The lowest BCUT2D eigenvalue weighted by Gasteiger charge is -2.23. The van der Waals surface area contributed by atoms with Crippen LogP contribution in [0.4, 0.5) is 0 Å². The Morgan fingerprint density at radius 3 is 2.12 bits per heavy atom. The van der Waals surface area contributed by atoms with Crippen LogP contribution in [-0.2, 0) is 4.74 Å². The van der Waals surface area contributed by atoms with Crippen LogP contribution in [-0.4, -0.2) is 11.2 Å². The summed E-state index contributed by atoms with van der Waals surface area (Å²) in [6, 6.07) is 0. The third-order valence-electron chi connectivity index (χ3n) is 5.76. The fourth-order valence-electron chi connectivity index (χ4n) is 5.39. The van der Waals surface area contributed by atoms with Gasteiger partial charge in [-0.25, -0.2) is 0 Å². The Hall–Kier alpha value is -0.820. The van der Waals surface area contributed by atoms with Crippen molar-refractivity contribution < 1.29 is 4.74 Å². The van der Waals surface area contributed by atoms with Crippen LogP contribution < -0.4 is 0 Å². The number of hydrogen-bond donors (Lipinski definition) is 0. The Kier molecular flexibility index (Phi) is 1.03. The van der Waals surface area contributed by atoms with E-state index in [1.54, 1.807) is 5.57 Å². The zero-order valence-electron chi connectivity index (χ0n) is 9.73. The predicted octanol–water partition coefficient (Wildman–Crippen LogP) is 2.85. The molecule has 82 valence electrons. The first-order valence-electron chi connectivity index (χ1n) is 6.46. The van der Waals surface area contributed by atoms with Crippen LogP contribution in [0.3, 0.4) is 0 Å². The standard InChI is InChI=1S/C15H16O/c1-8(2)13-11-5-6-12(13)15-10-4-3-9(7-10)14(11,15)16-15/h3-6,9-12H,7H2,1-2H3/t9-,10-,11+,12+,14-,15-/m0/s1. The highest BCUT2D eigenvalue weighted by Crippen LogP contribution is 2.82. The van der Waals surface area contributed by atoms with Crippen molar-refractivity contribution in [3.63, 3.8) is 0 Å². The van der Waals surface area contributed by atoms with Crippen molar-refractivity contribution in [1.29, 1.82) is 0 Å². The molecular formula is C15H16O. The van der Waals surface area contributed by atoms with Gasteiger partial charge in [-0.15, -0.1) is 0 Å². The summed E-state index contributed by atoms with van der Waals surface area (Å²) in [6.07, 6.45) is 11.0. The van der Waals surface area contributed by atoms with E-state index >= 15 is 0 Å². The van der Waals surface area contributed by atoms with Gasteiger partial charge in [0.05, 0.1) is 0 Å². The van der Waals surface area contributed by atoms with Crippen molar-refractivity contribution >= 4 is 0 Å². The lowest BCUT2D eigenvalue weighted by atomic mass is 9.76. The molecule has 1 nitrogen and oxygen atoms in total. The summed E-state index contributed by atoms with van der Waals surface area (Å²) in [5, 5.41) is 0. The number of ether oxygens (including phenoxy) is 1. The van der Waals surface area contributed by atoms with Gasteiger partial charge in [0.25, 0.3) is 0 Å². The summed E-state index contributed by atoms with van der Waals surface area (Å²) in [5.74, 6) is 2.60. The monoisotopic (exact) mass is 212 g/mol. The smallest absolute Gasteiger partial charge is 0.116 e. The Morgan fingerprint density at radius 2 is 1.62 bits per heavy atom. The Morgan fingerprint density at radius 1 is 1.06 bits per heavy atom. The Balaban J connectivity index is 1.80. The molecule has 6 atom stereocenters. The van der Waals surface area contributed by atoms with Crippen molar-refractivity contribution in [3.05, 3.63) is 35.5 Å². The maximum absolute atomic E-state index is 6.36. The fourth-order valence-corrected chi connectivity index (χ4v) is 5.39. The summed E-state index contributed by atoms with van der Waals surface area (Å²) in [6.45, 7) is 4.54. The van der Waals surface area contributed by atoms with Crippen LogP contribution in [0.5, 0.6) is 0 Å². The lowest BCUT2D eigenvalue weighted by molar-refractivity contribution is 0.128. The van der Waals surface area contributed by atoms with Crippen molar-refractivity contribution in [3.8, 4) is 0 Å². The van der Waals surface area contributed by atoms with Gasteiger partial charge >= 0.3 is 0 Å². The normalized spacial score (nSPS) is 61.8. The van der Waals surface area contributed by atoms with E-state index in [4.69, 9.17) is 4.74 Å². The van der Waals surface area contributed by atoms with Gasteiger partial charge in [0, 0.05) is 23.7 Å². The van der Waals surface area contributed by atoms with Gasteiger partial charge in [-0.1, -0.05) is 35.5 Å². The van der Waals surface area contributed by atoms with E-state index in [-0.39, 0.29) is 11.2 Å². The highest BCUT2D eigenvalue weighted by Gasteiger charge is 2.90. The van der Waals surface area contributed by atoms with E-state index in [1.165, 1.54) is 12.0 Å². The minimum atomic E-state index is 0.207. The molecule has 5 aliphatic rings. The molecule has 0 spiro atoms. The first-order chi connectivity index (χ1) is 7.72. The molecule has 0 aromatic carbocycles. The van der Waals surface area contributed by atoms with Gasteiger partial charge in [0.2, 0.25) is 0 Å². The molecule has 0 amide bonds. The van der Waals surface area contributed by atoms with Gasteiger partial charge in [-0.2, -0.15) is 0 Å². The molecule has 0 radical (unpaired) electrons. The molecule has 0 aromatic rings. The first kappa shape index (κ1) is 8.30. The average molecular weight is 212 g/mol. The van der Waals surface area contributed by atoms with Crippen LogP contribution in [0.25, 0.3) is 0 Å². The molecule has 5 rings (SSSR count). The van der Waals surface area contributed by atoms with E-state index in [2.05, 4.69) is 38.2 Å². The van der Waals surface area contributed by atoms with Crippen LogP contribution in [0, 0.1) is 23.7 Å². The maximum Gasteiger partial charge on any atom is 0.116 e. The second kappa shape index (κ2) is 1.99. The minimum Gasteiger partial charge on any atom is -0.359 e. The molecule has 4 bridgehead atoms. The van der Waals surface area contributed by atoms with Gasteiger partial charge < -0.3 is 4.74 Å². The largest absolute Gasteiger partial charge is 0.359 e. The van der Waals surface area contributed by atoms with Gasteiger partial charge in [0.1, 0.15) is 11.2 Å². The van der Waals surface area contributed by atoms with E-state index in [9.17, 15) is 0 Å².